The summed E-state index contributed by atoms with van der Waals surface area (Å²) >= 11 is 0. The van der Waals surface area contributed by atoms with Crippen LogP contribution < -0.4 is 5.73 Å². The highest BCUT2D eigenvalue weighted by molar-refractivity contribution is 5.90. The summed E-state index contributed by atoms with van der Waals surface area (Å²) in [7, 11) is 3.55. The second-order valence-electron chi connectivity index (χ2n) is 7.37. The van der Waals surface area contributed by atoms with Gasteiger partial charge in [-0.3, -0.25) is 14.7 Å². The first-order valence-electron chi connectivity index (χ1n) is 9.07. The van der Waals surface area contributed by atoms with E-state index in [1.165, 1.54) is 6.42 Å². The van der Waals surface area contributed by atoms with Gasteiger partial charge in [-0.25, -0.2) is 0 Å². The zero-order valence-electron chi connectivity index (χ0n) is 15.8. The number of carbonyl (C=O) groups excluding carboxylic acids is 1. The normalized spacial score (nSPS) is 29.7. The molecule has 1 amide bonds. The molecule has 6 nitrogen and oxygen atoms in total. The molecule has 7 heteroatoms. The fraction of sp³-hybridized carbons (Fsp3) is 0.684. The quantitative estimate of drug-likeness (QED) is 0.814. The largest absolute Gasteiger partial charge is 0.383 e. The summed E-state index contributed by atoms with van der Waals surface area (Å²) in [4.78, 5) is 18.2. The Bertz CT molecular complexity index is 614. The molecule has 1 aliphatic heterocycles. The zero-order chi connectivity index (χ0) is 18.0. The van der Waals surface area contributed by atoms with E-state index in [1.807, 2.05) is 12.1 Å². The number of nitrogens with zero attached hydrogens (tertiary/aromatic N) is 2. The van der Waals surface area contributed by atoms with E-state index < -0.39 is 5.91 Å². The van der Waals surface area contributed by atoms with Gasteiger partial charge in [0.15, 0.2) is 0 Å². The topological polar surface area (TPSA) is 77.7 Å². The van der Waals surface area contributed by atoms with Crippen molar-refractivity contribution in [2.75, 3.05) is 33.9 Å². The summed E-state index contributed by atoms with van der Waals surface area (Å²) in [6.07, 6.45) is 5.14. The van der Waals surface area contributed by atoms with Crippen LogP contribution in [-0.4, -0.2) is 55.7 Å². The third-order valence-corrected chi connectivity index (χ3v) is 6.06. The van der Waals surface area contributed by atoms with Crippen molar-refractivity contribution in [3.63, 3.8) is 0 Å². The van der Waals surface area contributed by atoms with Crippen LogP contribution in [0.3, 0.4) is 0 Å². The Morgan fingerprint density at radius 3 is 2.58 bits per heavy atom. The Hall–Kier alpha value is -1.21. The number of piperidine rings is 1. The number of aromatic nitrogens is 1. The maximum absolute atomic E-state index is 11.6. The summed E-state index contributed by atoms with van der Waals surface area (Å²) < 4.78 is 11.6. The van der Waals surface area contributed by atoms with E-state index in [9.17, 15) is 4.79 Å². The average Bonchev–Trinajstić information content (AvgIpc) is 2.60. The smallest absolute Gasteiger partial charge is 0.267 e. The van der Waals surface area contributed by atoms with Crippen molar-refractivity contribution in [3.8, 4) is 0 Å². The lowest BCUT2D eigenvalue weighted by Crippen LogP contribution is -2.61. The number of pyridine rings is 1. The van der Waals surface area contributed by atoms with Gasteiger partial charge >= 0.3 is 0 Å². The molecule has 0 spiro atoms. The molecule has 0 aromatic carbocycles. The molecule has 26 heavy (non-hydrogen) atoms. The number of hydrogen-bond acceptors (Lipinski definition) is 5. The van der Waals surface area contributed by atoms with Crippen molar-refractivity contribution in [1.82, 2.24) is 9.88 Å². The number of fused-ring (bicyclic) bond motifs is 2. The average molecular weight is 384 g/mol. The minimum absolute atomic E-state index is 0. The molecule has 2 N–H and O–H groups in total. The van der Waals surface area contributed by atoms with Gasteiger partial charge in [0, 0.05) is 51.4 Å². The van der Waals surface area contributed by atoms with Gasteiger partial charge in [0.05, 0.1) is 6.61 Å². The van der Waals surface area contributed by atoms with Crippen LogP contribution in [0.4, 0.5) is 0 Å². The van der Waals surface area contributed by atoms with Gasteiger partial charge in [0.2, 0.25) is 0 Å². The molecule has 146 valence electrons. The SMILES string of the molecule is COC[C@H](C)N1CC2CCCC(C1)C2(OC)c1ccnc(C(N)=O)c1.Cl. The second-order valence-corrected chi connectivity index (χ2v) is 7.37. The Morgan fingerprint density at radius 1 is 1.38 bits per heavy atom. The van der Waals surface area contributed by atoms with Crippen molar-refractivity contribution in [2.45, 2.75) is 37.8 Å². The molecule has 1 saturated carbocycles. The molecule has 1 aromatic rings. The van der Waals surface area contributed by atoms with Crippen molar-refractivity contribution >= 4 is 18.3 Å². The Labute approximate surface area is 161 Å². The number of methoxy groups -OCH3 is 2. The number of amides is 1. The van der Waals surface area contributed by atoms with Crippen molar-refractivity contribution < 1.29 is 14.3 Å². The molecule has 2 unspecified atom stereocenters. The first-order valence-corrected chi connectivity index (χ1v) is 9.07. The molecular weight excluding hydrogens is 354 g/mol. The molecule has 1 saturated heterocycles. The number of nitrogens with two attached hydrogens (primary N) is 1. The monoisotopic (exact) mass is 383 g/mol. The molecule has 2 heterocycles. The fourth-order valence-corrected chi connectivity index (χ4v) is 4.90. The number of ether oxygens (including phenoxy) is 2. The molecule has 2 bridgehead atoms. The van der Waals surface area contributed by atoms with E-state index in [2.05, 4.69) is 16.8 Å². The van der Waals surface area contributed by atoms with Crippen LogP contribution in [0.25, 0.3) is 0 Å². The third kappa shape index (κ3) is 3.60. The Kier molecular flexibility index (Phi) is 7.02. The predicted molar refractivity (Wildman–Crippen MR) is 102 cm³/mol. The van der Waals surface area contributed by atoms with Gasteiger partial charge in [0.25, 0.3) is 5.91 Å². The maximum Gasteiger partial charge on any atom is 0.267 e. The van der Waals surface area contributed by atoms with E-state index in [-0.39, 0.29) is 18.0 Å². The van der Waals surface area contributed by atoms with Crippen LogP contribution in [0.2, 0.25) is 0 Å². The summed E-state index contributed by atoms with van der Waals surface area (Å²) in [5.74, 6) is 0.268. The summed E-state index contributed by atoms with van der Waals surface area (Å²) in [6, 6.07) is 4.20. The van der Waals surface area contributed by atoms with Crippen molar-refractivity contribution in [2.24, 2.45) is 17.6 Å². The number of halogens is 1. The van der Waals surface area contributed by atoms with Gasteiger partial charge in [-0.15, -0.1) is 12.4 Å². The van der Waals surface area contributed by atoms with Crippen LogP contribution in [0.15, 0.2) is 18.3 Å². The molecule has 2 aliphatic rings. The zero-order valence-corrected chi connectivity index (χ0v) is 16.6. The fourth-order valence-electron chi connectivity index (χ4n) is 4.90. The number of hydrogen-bond donors (Lipinski definition) is 1. The Balaban J connectivity index is 0.00000243. The van der Waals surface area contributed by atoms with Crippen LogP contribution in [0.5, 0.6) is 0 Å². The first-order chi connectivity index (χ1) is 12.0. The Morgan fingerprint density at radius 2 is 2.04 bits per heavy atom. The van der Waals surface area contributed by atoms with E-state index in [1.54, 1.807) is 20.4 Å². The highest BCUT2D eigenvalue weighted by atomic mass is 35.5. The van der Waals surface area contributed by atoms with Crippen LogP contribution in [0.1, 0.15) is 42.2 Å². The highest BCUT2D eigenvalue weighted by Gasteiger charge is 2.53. The van der Waals surface area contributed by atoms with E-state index in [0.29, 0.717) is 23.6 Å². The van der Waals surface area contributed by atoms with Gasteiger partial charge < -0.3 is 15.2 Å². The van der Waals surface area contributed by atoms with Crippen molar-refractivity contribution in [1.29, 1.82) is 0 Å². The molecule has 1 aliphatic carbocycles. The summed E-state index contributed by atoms with van der Waals surface area (Å²) in [5.41, 5.74) is 6.42. The standard InChI is InChI=1S/C19H29N3O3.ClH/c1-13(12-24-2)22-10-15-5-4-6-16(11-22)19(15,25-3)14-7-8-21-17(9-14)18(20)23;/h7-9,13,15-16H,4-6,10-12H2,1-3H3,(H2,20,23);1H/t13-,15?,16?,19?;/m0./s1. The maximum atomic E-state index is 11.6. The van der Waals surface area contributed by atoms with Gasteiger partial charge in [-0.2, -0.15) is 0 Å². The third-order valence-electron chi connectivity index (χ3n) is 6.06. The van der Waals surface area contributed by atoms with E-state index in [4.69, 9.17) is 15.2 Å². The van der Waals surface area contributed by atoms with Crippen LogP contribution in [0, 0.1) is 11.8 Å². The summed E-state index contributed by atoms with van der Waals surface area (Å²) in [6.45, 7) is 4.91. The molecule has 3 rings (SSSR count). The summed E-state index contributed by atoms with van der Waals surface area (Å²) in [5, 5.41) is 0. The molecule has 3 atom stereocenters. The minimum atomic E-state index is -0.496. The van der Waals surface area contributed by atoms with Crippen LogP contribution >= 0.6 is 12.4 Å². The lowest BCUT2D eigenvalue weighted by atomic mass is 9.62. The molecule has 2 fully saturated rings. The lowest BCUT2D eigenvalue weighted by Gasteiger charge is -2.56. The lowest BCUT2D eigenvalue weighted by molar-refractivity contribution is -0.175. The highest BCUT2D eigenvalue weighted by Crippen LogP contribution is 2.51. The van der Waals surface area contributed by atoms with Gasteiger partial charge in [0.1, 0.15) is 11.3 Å². The van der Waals surface area contributed by atoms with Crippen LogP contribution in [-0.2, 0) is 15.1 Å². The second kappa shape index (κ2) is 8.65. The number of primary amides is 1. The minimum Gasteiger partial charge on any atom is -0.383 e. The molecule has 1 aromatic heterocycles. The van der Waals surface area contributed by atoms with E-state index in [0.717, 1.165) is 38.1 Å². The molecular formula is C19H30ClN3O3. The molecule has 0 radical (unpaired) electrons. The predicted octanol–water partition coefficient (Wildman–Crippen LogP) is 2.21. The first kappa shape index (κ1) is 21.1. The van der Waals surface area contributed by atoms with E-state index >= 15 is 0 Å². The van der Waals surface area contributed by atoms with Gasteiger partial charge in [-0.1, -0.05) is 6.42 Å². The van der Waals surface area contributed by atoms with Gasteiger partial charge in [-0.05, 0) is 37.5 Å². The number of carbonyl (C=O) groups is 1. The number of likely N-dealkylation sites (tertiary alicyclic amines) is 1. The number of rotatable bonds is 6. The van der Waals surface area contributed by atoms with Crippen molar-refractivity contribution in [3.05, 3.63) is 29.6 Å².